The zero-order chi connectivity index (χ0) is 95.5. The molecule has 0 unspecified atom stereocenters. The van der Waals surface area contributed by atoms with E-state index in [1.165, 1.54) is 99.7 Å². The lowest BCUT2D eigenvalue weighted by Crippen LogP contribution is -2.10. The first-order valence-electron chi connectivity index (χ1n) is 46.0. The Morgan fingerprint density at radius 1 is 0.206 bits per heavy atom. The fourth-order valence-corrected chi connectivity index (χ4v) is 18.1. The molecule has 0 aliphatic heterocycles. The molecule has 0 amide bonds. The van der Waals surface area contributed by atoms with Crippen LogP contribution in [0.1, 0.15) is 17.1 Å². The fraction of sp³-hybridized carbons (Fsp3) is 0.00794. The minimum atomic E-state index is -0.246. The maximum atomic E-state index is 9.32. The number of anilines is 9. The number of aryl methyl sites for hydroxylation is 1. The largest absolute Gasteiger partial charge is 0.370 e. The molecule has 141 heavy (non-hydrogen) atoms. The van der Waals surface area contributed by atoms with Gasteiger partial charge in [0.25, 0.3) is 17.2 Å². The molecule has 0 bridgehead atoms. The average molecular weight is 1810 g/mol. The summed E-state index contributed by atoms with van der Waals surface area (Å²) in [5.41, 5.74) is 33.6. The van der Waals surface area contributed by atoms with Gasteiger partial charge < -0.3 is 33.8 Å². The summed E-state index contributed by atoms with van der Waals surface area (Å²) in [5, 5.41) is 21.2. The van der Waals surface area contributed by atoms with E-state index in [0.29, 0.717) is 5.69 Å². The van der Waals surface area contributed by atoms with Crippen LogP contribution in [0, 0.1) is 49.3 Å². The number of hydrogen-bond donors (Lipinski definition) is 0. The van der Waals surface area contributed by atoms with Crippen molar-refractivity contribution in [3.8, 4) is 107 Å². The minimum absolute atomic E-state index is 0.0461. The van der Waals surface area contributed by atoms with Gasteiger partial charge in [-0.05, 0) is 229 Å². The molecule has 23 aromatic rings. The van der Waals surface area contributed by atoms with Gasteiger partial charge in [0.1, 0.15) is 28.7 Å². The molecule has 15 nitrogen and oxygen atoms in total. The van der Waals surface area contributed by atoms with E-state index in [1.54, 1.807) is 6.92 Å². The lowest BCUT2D eigenvalue weighted by atomic mass is 10.0. The van der Waals surface area contributed by atoms with Crippen LogP contribution in [0.5, 0.6) is 0 Å². The van der Waals surface area contributed by atoms with Crippen LogP contribution in [0.2, 0.25) is 0 Å². The van der Waals surface area contributed by atoms with Crippen LogP contribution < -0.4 is 14.7 Å². The summed E-state index contributed by atoms with van der Waals surface area (Å²) >= 11 is 0. The van der Waals surface area contributed by atoms with Gasteiger partial charge in [-0.2, -0.15) is 10.5 Å². The van der Waals surface area contributed by atoms with Crippen molar-refractivity contribution in [3.63, 3.8) is 0 Å². The molecule has 0 fully saturated rings. The van der Waals surface area contributed by atoms with E-state index >= 15 is 0 Å². The molecule has 0 atom stereocenters. The van der Waals surface area contributed by atoms with Crippen LogP contribution in [-0.4, -0.2) is 34.5 Å². The maximum absolute atomic E-state index is 9.32. The van der Waals surface area contributed by atoms with E-state index in [4.69, 9.17) is 19.7 Å². The van der Waals surface area contributed by atoms with Gasteiger partial charge in [-0.1, -0.05) is 359 Å². The number of rotatable bonds is 18. The smallest absolute Gasteiger partial charge is 0.307 e. The van der Waals surface area contributed by atoms with Gasteiger partial charge in [0.15, 0.2) is 11.4 Å². The van der Waals surface area contributed by atoms with Crippen LogP contribution in [0.4, 0.5) is 68.6 Å². The zero-order valence-electron chi connectivity index (χ0n) is 76.2. The molecule has 15 heteroatoms. The van der Waals surface area contributed by atoms with Crippen molar-refractivity contribution in [1.82, 2.24) is 34.5 Å². The van der Waals surface area contributed by atoms with Crippen LogP contribution in [0.15, 0.2) is 473 Å². The number of nitriles is 2. The van der Waals surface area contributed by atoms with Crippen molar-refractivity contribution in [2.24, 2.45) is 0 Å². The highest BCUT2D eigenvalue weighted by atomic mass is 15.2. The third kappa shape index (κ3) is 18.0. The number of hydrogen-bond acceptors (Lipinski definition) is 11. The standard InChI is InChI=1S/C60H44N2.C48H34N2.C18H3N11/c1-5-13-45(14-6-1)49-21-33-55(34-22-49)61(56-35-23-50(24-36-56)46-15-7-2-8-16-46)59-41-29-53(30-42-59)54-31-43-60(44-32-54)62(57-37-25-51(26-38-57)47-17-9-3-10-18-47)58-39-27-52(28-40-58)48-19-11-4-12-20-48;1-3-11-35(12-4-1)37-19-27-41(28-20-37)49(42-29-21-38(22-30-42)36-13-5-2-6-14-36)43-31-23-39(24-32-43)40-25-33-44(34-26-40)50-47-17-9-7-15-45(47)46-16-8-10-18-48(46)50;1-7-8(5-19)25-11-10(24-7)12-13(27-16(21-2)9(6-20)26-12)15-14(11)28-17(22-3)18(23-4)29-15/h1-44H;1-34H;1H3. The van der Waals surface area contributed by atoms with Gasteiger partial charge >= 0.3 is 5.82 Å². The third-order valence-electron chi connectivity index (χ3n) is 25.2. The van der Waals surface area contributed by atoms with E-state index in [-0.39, 0.29) is 61.9 Å². The Kier molecular flexibility index (Phi) is 24.6. The maximum Gasteiger partial charge on any atom is 0.307 e. The monoisotopic (exact) mass is 1800 g/mol. The highest BCUT2D eigenvalue weighted by Crippen LogP contribution is 2.45. The second-order valence-electron chi connectivity index (χ2n) is 33.6. The van der Waals surface area contributed by atoms with Crippen molar-refractivity contribution < 1.29 is 0 Å². The highest BCUT2D eigenvalue weighted by molar-refractivity contribution is 6.19. The first-order valence-corrected chi connectivity index (χ1v) is 46.0. The van der Waals surface area contributed by atoms with Gasteiger partial charge in [0, 0.05) is 67.6 Å². The summed E-state index contributed by atoms with van der Waals surface area (Å²) in [6.07, 6.45) is 0. The van der Waals surface area contributed by atoms with Gasteiger partial charge in [-0.25, -0.2) is 15.0 Å². The van der Waals surface area contributed by atoms with Gasteiger partial charge in [-0.15, -0.1) is 15.0 Å². The number of aromatic nitrogens is 7. The second-order valence-corrected chi connectivity index (χ2v) is 33.6. The molecule has 0 aliphatic carbocycles. The van der Waals surface area contributed by atoms with E-state index in [2.05, 4.69) is 537 Å². The Hall–Kier alpha value is -20.2. The fourth-order valence-electron chi connectivity index (χ4n) is 18.1. The summed E-state index contributed by atoms with van der Waals surface area (Å²) in [7, 11) is 0. The number of para-hydroxylation sites is 2. The summed E-state index contributed by atoms with van der Waals surface area (Å²) in [6.45, 7) is 23.3. The predicted molar refractivity (Wildman–Crippen MR) is 573 cm³/mol. The molecule has 4 aromatic heterocycles. The molecule has 0 saturated heterocycles. The lowest BCUT2D eigenvalue weighted by molar-refractivity contribution is 1.14. The van der Waals surface area contributed by atoms with E-state index < -0.39 is 0 Å². The molecule has 0 N–H and O–H groups in total. The summed E-state index contributed by atoms with van der Waals surface area (Å²) < 4.78 is 2.36. The van der Waals surface area contributed by atoms with Crippen molar-refractivity contribution in [2.75, 3.05) is 14.7 Å². The number of benzene rings is 19. The molecule has 4 heterocycles. The highest BCUT2D eigenvalue weighted by Gasteiger charge is 2.29. The van der Waals surface area contributed by atoms with Crippen LogP contribution in [-0.2, 0) is 0 Å². The SMILES string of the molecule is [C-]#[N+]c1nc2c(nc1C#N)c1nc(C)c(C#N)nc1c1nc([N+]#[C-])c([N+]#[C-])nc21.c1ccc(-c2ccc(N(c3ccc(-c4ccccc4)cc3)c3ccc(-c4ccc(-n5c6ccccc6c6ccccc65)cc4)cc3)cc2)cc1.c1ccc(-c2ccc(N(c3ccc(-c4ccccc4)cc3)c3ccc(-c4ccc(N(c5ccc(-c6ccccc6)cc5)c5ccc(-c6ccccc6)cc5)cc4)cc3)cc2)cc1. The molecule has 0 aliphatic rings. The van der Waals surface area contributed by atoms with Gasteiger partial charge in [0.2, 0.25) is 11.0 Å². The Morgan fingerprint density at radius 2 is 0.390 bits per heavy atom. The molecule has 0 saturated carbocycles. The molecular formula is C126H81N15. The first kappa shape index (κ1) is 87.5. The third-order valence-corrected chi connectivity index (χ3v) is 25.2. The summed E-state index contributed by atoms with van der Waals surface area (Å²) in [4.78, 5) is 42.1. The Bertz CT molecular complexity index is 8170. The van der Waals surface area contributed by atoms with Crippen molar-refractivity contribution in [2.45, 2.75) is 6.92 Å². The van der Waals surface area contributed by atoms with Crippen LogP contribution >= 0.6 is 0 Å². The van der Waals surface area contributed by atoms with Crippen LogP contribution in [0.25, 0.3) is 164 Å². The van der Waals surface area contributed by atoms with E-state index in [0.717, 1.165) is 68.0 Å². The quantitative estimate of drug-likeness (QED) is 0.0596. The number of nitrogens with zero attached hydrogens (tertiary/aromatic N) is 15. The predicted octanol–water partition coefficient (Wildman–Crippen LogP) is 33.4. The molecule has 660 valence electrons. The minimum Gasteiger partial charge on any atom is -0.370 e. The van der Waals surface area contributed by atoms with Gasteiger partial charge in [-0.3, -0.25) is 0 Å². The van der Waals surface area contributed by atoms with Crippen molar-refractivity contribution in [1.29, 1.82) is 10.5 Å². The zero-order valence-corrected chi connectivity index (χ0v) is 76.2. The Balaban J connectivity index is 0.000000133. The number of fused-ring (bicyclic) bond motifs is 9. The molecular weight excluding hydrogens is 1720 g/mol. The Labute approximate surface area is 816 Å². The first-order chi connectivity index (χ1) is 69.6. The topological polar surface area (TPSA) is 153 Å². The second kappa shape index (κ2) is 39.6. The normalized spacial score (nSPS) is 10.8. The Morgan fingerprint density at radius 3 is 0.617 bits per heavy atom. The van der Waals surface area contributed by atoms with E-state index in [9.17, 15) is 10.5 Å². The van der Waals surface area contributed by atoms with E-state index in [1.807, 2.05) is 12.1 Å². The van der Waals surface area contributed by atoms with Crippen molar-refractivity contribution >= 4 is 124 Å². The summed E-state index contributed by atoms with van der Waals surface area (Å²) in [6, 6.07) is 173. The molecule has 19 aromatic carbocycles. The molecule has 0 spiro atoms. The van der Waals surface area contributed by atoms with Crippen molar-refractivity contribution in [3.05, 3.63) is 525 Å². The van der Waals surface area contributed by atoms with Gasteiger partial charge in [0.05, 0.1) is 16.7 Å². The summed E-state index contributed by atoms with van der Waals surface area (Å²) in [5.74, 6) is -0.718. The lowest BCUT2D eigenvalue weighted by Gasteiger charge is -2.27. The molecule has 0 radical (unpaired) electrons. The molecule has 23 rings (SSSR count). The average Bonchev–Trinajstić information content (AvgIpc) is 1.24. The van der Waals surface area contributed by atoms with Crippen LogP contribution in [0.3, 0.4) is 0 Å².